The largest absolute Gasteiger partial charge is 0.378 e. The van der Waals surface area contributed by atoms with Crippen LogP contribution in [0.3, 0.4) is 0 Å². The summed E-state index contributed by atoms with van der Waals surface area (Å²) in [6.07, 6.45) is 0.297. The molecule has 150 valence electrons. The number of para-hydroxylation sites is 1. The molecule has 3 rings (SSSR count). The number of morpholine rings is 1. The highest BCUT2D eigenvalue weighted by atomic mass is 79.9. The number of halogens is 2. The van der Waals surface area contributed by atoms with Crippen LogP contribution in [0.15, 0.2) is 46.9 Å². The summed E-state index contributed by atoms with van der Waals surface area (Å²) in [7, 11) is 1.99. The zero-order chi connectivity index (χ0) is 19.9. The number of nitrogens with one attached hydrogen (secondary N) is 1. The zero-order valence-electron chi connectivity index (χ0n) is 16.0. The first-order valence-corrected chi connectivity index (χ1v) is 10.2. The average molecular weight is 450 g/mol. The third-order valence-electron chi connectivity index (χ3n) is 4.71. The molecule has 0 spiro atoms. The molecule has 0 saturated carbocycles. The van der Waals surface area contributed by atoms with Crippen LogP contribution in [-0.2, 0) is 16.1 Å². The zero-order valence-corrected chi connectivity index (χ0v) is 17.5. The number of anilines is 2. The van der Waals surface area contributed by atoms with Crippen LogP contribution in [0.1, 0.15) is 12.0 Å². The van der Waals surface area contributed by atoms with Gasteiger partial charge < -0.3 is 19.9 Å². The molecule has 0 aromatic heterocycles. The van der Waals surface area contributed by atoms with Crippen LogP contribution in [0.25, 0.3) is 0 Å². The molecule has 28 heavy (non-hydrogen) atoms. The van der Waals surface area contributed by atoms with Crippen LogP contribution in [0.5, 0.6) is 0 Å². The molecular weight excluding hydrogens is 425 g/mol. The van der Waals surface area contributed by atoms with Gasteiger partial charge in [0.15, 0.2) is 0 Å². The summed E-state index contributed by atoms with van der Waals surface area (Å²) < 4.78 is 19.9. The predicted octanol–water partition coefficient (Wildman–Crippen LogP) is 3.89. The van der Waals surface area contributed by atoms with Gasteiger partial charge in [0.05, 0.1) is 18.9 Å². The van der Waals surface area contributed by atoms with Crippen molar-refractivity contribution in [2.45, 2.75) is 13.0 Å². The van der Waals surface area contributed by atoms with Crippen LogP contribution in [-0.4, -0.2) is 50.7 Å². The highest BCUT2D eigenvalue weighted by molar-refractivity contribution is 9.10. The van der Waals surface area contributed by atoms with Crippen LogP contribution >= 0.6 is 15.9 Å². The third kappa shape index (κ3) is 5.77. The van der Waals surface area contributed by atoms with Gasteiger partial charge in [0.25, 0.3) is 0 Å². The lowest BCUT2D eigenvalue weighted by atomic mass is 10.1. The molecule has 0 atom stereocenters. The monoisotopic (exact) mass is 449 g/mol. The molecule has 0 unspecified atom stereocenters. The fraction of sp³-hybridized carbons (Fsp3) is 0.381. The number of hydrogen-bond acceptors (Lipinski definition) is 4. The Balaban J connectivity index is 1.53. The quantitative estimate of drug-likeness (QED) is 0.696. The van der Waals surface area contributed by atoms with E-state index < -0.39 is 5.82 Å². The van der Waals surface area contributed by atoms with Crippen molar-refractivity contribution >= 4 is 33.2 Å². The summed E-state index contributed by atoms with van der Waals surface area (Å²) in [4.78, 5) is 16.6. The topological polar surface area (TPSA) is 44.8 Å². The van der Waals surface area contributed by atoms with Gasteiger partial charge in [-0.15, -0.1) is 0 Å². The normalized spacial score (nSPS) is 14.4. The van der Waals surface area contributed by atoms with Gasteiger partial charge in [0.1, 0.15) is 5.82 Å². The summed E-state index contributed by atoms with van der Waals surface area (Å²) in [6, 6.07) is 12.9. The molecule has 1 heterocycles. The smallest absolute Gasteiger partial charge is 0.225 e. The van der Waals surface area contributed by atoms with E-state index in [1.54, 1.807) is 12.1 Å². The van der Waals surface area contributed by atoms with Crippen molar-refractivity contribution in [2.75, 3.05) is 50.1 Å². The van der Waals surface area contributed by atoms with Gasteiger partial charge in [-0.3, -0.25) is 4.79 Å². The van der Waals surface area contributed by atoms with E-state index in [1.807, 2.05) is 13.1 Å². The Morgan fingerprint density at radius 2 is 2.00 bits per heavy atom. The summed E-state index contributed by atoms with van der Waals surface area (Å²) in [6.45, 7) is 4.60. The van der Waals surface area contributed by atoms with Crippen molar-refractivity contribution in [3.63, 3.8) is 0 Å². The second-order valence-electron chi connectivity index (χ2n) is 6.89. The first kappa shape index (κ1) is 20.8. The number of rotatable bonds is 7. The molecule has 0 radical (unpaired) electrons. The van der Waals surface area contributed by atoms with Crippen molar-refractivity contribution in [3.05, 3.63) is 58.3 Å². The van der Waals surface area contributed by atoms with Gasteiger partial charge in [-0.05, 0) is 36.9 Å². The number of carbonyl (C=O) groups is 1. The minimum absolute atomic E-state index is 0.200. The molecule has 2 aromatic carbocycles. The molecule has 0 aliphatic carbocycles. The summed E-state index contributed by atoms with van der Waals surface area (Å²) in [5.41, 5.74) is 2.65. The van der Waals surface area contributed by atoms with Crippen molar-refractivity contribution in [2.24, 2.45) is 0 Å². The van der Waals surface area contributed by atoms with E-state index in [1.165, 1.54) is 17.3 Å². The number of carbonyl (C=O) groups excluding carboxylic acids is 1. The first-order valence-electron chi connectivity index (χ1n) is 9.37. The van der Waals surface area contributed by atoms with Crippen molar-refractivity contribution in [3.8, 4) is 0 Å². The summed E-state index contributed by atoms with van der Waals surface area (Å²) in [5.74, 6) is -0.648. The Morgan fingerprint density at radius 1 is 1.25 bits per heavy atom. The second kappa shape index (κ2) is 10.0. The average Bonchev–Trinajstić information content (AvgIpc) is 2.70. The number of nitrogens with zero attached hydrogens (tertiary/aromatic N) is 2. The molecule has 1 aliphatic heterocycles. The van der Waals surface area contributed by atoms with E-state index in [9.17, 15) is 9.18 Å². The first-order chi connectivity index (χ1) is 13.5. The molecule has 7 heteroatoms. The molecule has 0 bridgehead atoms. The second-order valence-corrected chi connectivity index (χ2v) is 7.80. The molecule has 1 aliphatic rings. The van der Waals surface area contributed by atoms with E-state index in [2.05, 4.69) is 49.2 Å². The van der Waals surface area contributed by atoms with Crippen molar-refractivity contribution in [1.82, 2.24) is 4.90 Å². The lowest BCUT2D eigenvalue weighted by Crippen LogP contribution is -2.37. The highest BCUT2D eigenvalue weighted by Crippen LogP contribution is 2.23. The molecule has 1 saturated heterocycles. The maximum absolute atomic E-state index is 13.8. The summed E-state index contributed by atoms with van der Waals surface area (Å²) >= 11 is 3.21. The van der Waals surface area contributed by atoms with E-state index in [-0.39, 0.29) is 11.6 Å². The Kier molecular flexibility index (Phi) is 7.42. The van der Waals surface area contributed by atoms with Gasteiger partial charge >= 0.3 is 0 Å². The maximum atomic E-state index is 13.8. The van der Waals surface area contributed by atoms with Crippen LogP contribution < -0.4 is 10.2 Å². The van der Waals surface area contributed by atoms with Crippen molar-refractivity contribution in [1.29, 1.82) is 0 Å². The number of amides is 1. The lowest BCUT2D eigenvalue weighted by Gasteiger charge is -2.31. The van der Waals surface area contributed by atoms with Crippen molar-refractivity contribution < 1.29 is 13.9 Å². The van der Waals surface area contributed by atoms with Gasteiger partial charge in [0.2, 0.25) is 5.91 Å². The van der Waals surface area contributed by atoms with Crippen LogP contribution in [0.4, 0.5) is 15.8 Å². The molecule has 1 fully saturated rings. The van der Waals surface area contributed by atoms with Gasteiger partial charge in [-0.2, -0.15) is 0 Å². The maximum Gasteiger partial charge on any atom is 0.225 e. The van der Waals surface area contributed by atoms with E-state index in [0.29, 0.717) is 17.4 Å². The Morgan fingerprint density at radius 3 is 2.75 bits per heavy atom. The highest BCUT2D eigenvalue weighted by Gasteiger charge is 2.16. The lowest BCUT2D eigenvalue weighted by molar-refractivity contribution is -0.116. The van der Waals surface area contributed by atoms with Gasteiger partial charge in [0, 0.05) is 42.8 Å². The fourth-order valence-electron chi connectivity index (χ4n) is 3.22. The molecule has 1 N–H and O–H groups in total. The summed E-state index contributed by atoms with van der Waals surface area (Å²) in [5, 5.41) is 2.64. The number of hydrogen-bond donors (Lipinski definition) is 1. The fourth-order valence-corrected chi connectivity index (χ4v) is 3.56. The predicted molar refractivity (Wildman–Crippen MR) is 113 cm³/mol. The van der Waals surface area contributed by atoms with Gasteiger partial charge in [-0.1, -0.05) is 34.1 Å². The molecule has 2 aromatic rings. The number of benzene rings is 2. The van der Waals surface area contributed by atoms with Crippen LogP contribution in [0, 0.1) is 5.82 Å². The van der Waals surface area contributed by atoms with Crippen LogP contribution in [0.2, 0.25) is 0 Å². The molecule has 5 nitrogen and oxygen atoms in total. The molecular formula is C21H25BrFN3O2. The third-order valence-corrected chi connectivity index (χ3v) is 5.20. The minimum atomic E-state index is -0.449. The SMILES string of the molecule is CN(CCC(=O)Nc1ccc(Br)cc1F)Cc1ccccc1N1CCOCC1. The molecule has 1 amide bonds. The Hall–Kier alpha value is -1.96. The Bertz CT molecular complexity index is 812. The minimum Gasteiger partial charge on any atom is -0.378 e. The Labute approximate surface area is 173 Å². The number of ether oxygens (including phenoxy) is 1. The van der Waals surface area contributed by atoms with E-state index in [4.69, 9.17) is 4.74 Å². The van der Waals surface area contributed by atoms with Gasteiger partial charge in [-0.25, -0.2) is 4.39 Å². The standard InChI is InChI=1S/C21H25BrFN3O2/c1-25(9-8-21(27)24-19-7-6-17(22)14-18(19)23)15-16-4-2-3-5-20(16)26-10-12-28-13-11-26/h2-7,14H,8-13,15H2,1H3,(H,24,27). The van der Waals surface area contributed by atoms with E-state index in [0.717, 1.165) is 32.8 Å². The van der Waals surface area contributed by atoms with E-state index >= 15 is 0 Å².